The van der Waals surface area contributed by atoms with Gasteiger partial charge in [0, 0.05) is 10.0 Å². The average Bonchev–Trinajstić information content (AvgIpc) is 2.71. The highest BCUT2D eigenvalue weighted by Crippen LogP contribution is 2.27. The molecule has 0 saturated carbocycles. The monoisotopic (exact) mass is 476 g/mol. The predicted octanol–water partition coefficient (Wildman–Crippen LogP) is 4.87. The first kappa shape index (κ1) is 23.7. The lowest BCUT2D eigenvalue weighted by atomic mass is 10.1. The summed E-state index contributed by atoms with van der Waals surface area (Å²) >= 11 is 3.43. The fraction of sp³-hybridized carbons (Fsp3) is 0.391. The van der Waals surface area contributed by atoms with Crippen molar-refractivity contribution in [1.82, 2.24) is 10.9 Å². The van der Waals surface area contributed by atoms with Gasteiger partial charge in [-0.05, 0) is 67.8 Å². The van der Waals surface area contributed by atoms with Crippen LogP contribution in [0.4, 0.5) is 0 Å². The van der Waals surface area contributed by atoms with Crippen molar-refractivity contribution in [3.05, 3.63) is 57.6 Å². The van der Waals surface area contributed by atoms with Crippen LogP contribution in [-0.4, -0.2) is 25.0 Å². The van der Waals surface area contributed by atoms with E-state index >= 15 is 0 Å². The summed E-state index contributed by atoms with van der Waals surface area (Å²) in [5, 5.41) is 0. The second-order valence-corrected chi connectivity index (χ2v) is 8.01. The third-order valence-corrected chi connectivity index (χ3v) is 4.93. The van der Waals surface area contributed by atoms with Crippen LogP contribution in [0.15, 0.2) is 40.9 Å². The van der Waals surface area contributed by atoms with Crippen molar-refractivity contribution in [3.8, 4) is 11.5 Å². The minimum atomic E-state index is -0.447. The van der Waals surface area contributed by atoms with E-state index in [1.54, 1.807) is 24.3 Å². The third-order valence-electron chi connectivity index (χ3n) is 4.47. The summed E-state index contributed by atoms with van der Waals surface area (Å²) in [4.78, 5) is 24.2. The van der Waals surface area contributed by atoms with Gasteiger partial charge in [0.15, 0.2) is 6.61 Å². The fourth-order valence-electron chi connectivity index (χ4n) is 2.92. The van der Waals surface area contributed by atoms with Crippen molar-refractivity contribution >= 4 is 27.7 Å². The third kappa shape index (κ3) is 7.71. The van der Waals surface area contributed by atoms with Crippen molar-refractivity contribution in [1.29, 1.82) is 0 Å². The molecule has 0 bridgehead atoms. The number of unbranched alkanes of at least 4 members (excludes halogenated alkanes) is 3. The van der Waals surface area contributed by atoms with Gasteiger partial charge in [-0.1, -0.05) is 42.1 Å². The zero-order valence-corrected chi connectivity index (χ0v) is 19.3. The minimum absolute atomic E-state index is 0.200. The van der Waals surface area contributed by atoms with Crippen molar-refractivity contribution in [2.75, 3.05) is 13.2 Å². The second kappa shape index (κ2) is 12.2. The molecule has 2 aromatic carbocycles. The summed E-state index contributed by atoms with van der Waals surface area (Å²) in [5.41, 5.74) is 7.03. The quantitative estimate of drug-likeness (QED) is 0.378. The number of carbonyl (C=O) groups is 2. The molecule has 0 heterocycles. The van der Waals surface area contributed by atoms with Crippen molar-refractivity contribution in [2.45, 2.75) is 46.5 Å². The lowest BCUT2D eigenvalue weighted by Gasteiger charge is -2.13. The molecule has 30 heavy (non-hydrogen) atoms. The Morgan fingerprint density at radius 2 is 1.60 bits per heavy atom. The van der Waals surface area contributed by atoms with Gasteiger partial charge >= 0.3 is 0 Å². The molecule has 0 saturated heterocycles. The normalized spacial score (nSPS) is 10.4. The molecule has 162 valence electrons. The molecule has 2 amide bonds. The number of ether oxygens (including phenoxy) is 2. The van der Waals surface area contributed by atoms with Gasteiger partial charge in [0.2, 0.25) is 0 Å². The number of nitrogens with one attached hydrogen (secondary N) is 2. The van der Waals surface area contributed by atoms with Crippen molar-refractivity contribution < 1.29 is 19.1 Å². The van der Waals surface area contributed by atoms with Gasteiger partial charge in [-0.3, -0.25) is 20.4 Å². The Labute approximate surface area is 186 Å². The molecule has 7 heteroatoms. The van der Waals surface area contributed by atoms with E-state index in [0.717, 1.165) is 34.2 Å². The molecule has 0 fully saturated rings. The van der Waals surface area contributed by atoms with Gasteiger partial charge < -0.3 is 9.47 Å². The summed E-state index contributed by atoms with van der Waals surface area (Å²) in [5.74, 6) is 0.525. The second-order valence-electron chi connectivity index (χ2n) is 7.09. The molecule has 2 rings (SSSR count). The van der Waals surface area contributed by atoms with Crippen molar-refractivity contribution in [3.63, 3.8) is 0 Å². The highest BCUT2D eigenvalue weighted by Gasteiger charge is 2.11. The number of halogens is 1. The molecule has 0 aliphatic carbocycles. The van der Waals surface area contributed by atoms with Crippen LogP contribution >= 0.6 is 15.9 Å². The van der Waals surface area contributed by atoms with Crippen LogP contribution in [0.1, 0.15) is 54.1 Å². The van der Waals surface area contributed by atoms with E-state index in [4.69, 9.17) is 9.47 Å². The van der Waals surface area contributed by atoms with Gasteiger partial charge in [-0.15, -0.1) is 0 Å². The Morgan fingerprint density at radius 3 is 2.23 bits per heavy atom. The molecule has 0 aliphatic rings. The number of hydrogen-bond acceptors (Lipinski definition) is 4. The number of amides is 2. The molecular formula is C23H29BrN2O4. The van der Waals surface area contributed by atoms with Crippen LogP contribution in [0.2, 0.25) is 0 Å². The Balaban J connectivity index is 1.75. The number of rotatable bonds is 10. The highest BCUT2D eigenvalue weighted by molar-refractivity contribution is 9.10. The molecule has 0 aromatic heterocycles. The molecular weight excluding hydrogens is 448 g/mol. The molecule has 2 aromatic rings. The predicted molar refractivity (Wildman–Crippen MR) is 121 cm³/mol. The standard InChI is InChI=1S/C23H29BrN2O4/c1-4-5-6-7-12-29-20-10-8-18(9-11-20)23(28)26-25-21(27)15-30-22-16(2)13-19(24)14-17(22)3/h8-11,13-14H,4-7,12,15H2,1-3H3,(H,25,27)(H,26,28). The fourth-order valence-corrected chi connectivity index (χ4v) is 3.61. The Morgan fingerprint density at radius 1 is 0.933 bits per heavy atom. The van der Waals surface area contributed by atoms with Gasteiger partial charge in [0.1, 0.15) is 11.5 Å². The summed E-state index contributed by atoms with van der Waals surface area (Å²) in [6.07, 6.45) is 4.57. The lowest BCUT2D eigenvalue weighted by molar-refractivity contribution is -0.123. The van der Waals surface area contributed by atoms with E-state index in [-0.39, 0.29) is 6.61 Å². The van der Waals surface area contributed by atoms with E-state index < -0.39 is 11.8 Å². The van der Waals surface area contributed by atoms with Crippen LogP contribution in [0.25, 0.3) is 0 Å². The molecule has 0 aliphatic heterocycles. The SMILES string of the molecule is CCCCCCOc1ccc(C(=O)NNC(=O)COc2c(C)cc(Br)cc2C)cc1. The molecule has 0 unspecified atom stereocenters. The summed E-state index contributed by atoms with van der Waals surface area (Å²) in [7, 11) is 0. The number of hydrogen-bond donors (Lipinski definition) is 2. The van der Waals surface area contributed by atoms with Crippen LogP contribution in [0, 0.1) is 13.8 Å². The molecule has 0 spiro atoms. The summed E-state index contributed by atoms with van der Waals surface area (Å²) in [6, 6.07) is 10.7. The highest BCUT2D eigenvalue weighted by atomic mass is 79.9. The topological polar surface area (TPSA) is 76.7 Å². The first-order chi connectivity index (χ1) is 14.4. The van der Waals surface area contributed by atoms with Crippen LogP contribution in [0.3, 0.4) is 0 Å². The number of hydrazine groups is 1. The van der Waals surface area contributed by atoms with E-state index in [2.05, 4.69) is 33.7 Å². The van der Waals surface area contributed by atoms with Crippen LogP contribution in [-0.2, 0) is 4.79 Å². The number of aryl methyl sites for hydroxylation is 2. The van der Waals surface area contributed by atoms with Gasteiger partial charge in [-0.2, -0.15) is 0 Å². The van der Waals surface area contributed by atoms with E-state index in [0.29, 0.717) is 17.9 Å². The Hall–Kier alpha value is -2.54. The van der Waals surface area contributed by atoms with Crippen LogP contribution in [0.5, 0.6) is 11.5 Å². The van der Waals surface area contributed by atoms with E-state index in [9.17, 15) is 9.59 Å². The molecule has 2 N–H and O–H groups in total. The first-order valence-electron chi connectivity index (χ1n) is 10.1. The zero-order chi connectivity index (χ0) is 21.9. The zero-order valence-electron chi connectivity index (χ0n) is 17.7. The largest absolute Gasteiger partial charge is 0.494 e. The molecule has 0 radical (unpaired) electrons. The summed E-state index contributed by atoms with van der Waals surface area (Å²) in [6.45, 7) is 6.45. The maximum Gasteiger partial charge on any atom is 0.276 e. The molecule has 6 nitrogen and oxygen atoms in total. The van der Waals surface area contributed by atoms with Gasteiger partial charge in [0.05, 0.1) is 6.61 Å². The van der Waals surface area contributed by atoms with Crippen molar-refractivity contribution in [2.24, 2.45) is 0 Å². The smallest absolute Gasteiger partial charge is 0.276 e. The Bertz CT molecular complexity index is 830. The minimum Gasteiger partial charge on any atom is -0.494 e. The average molecular weight is 477 g/mol. The number of benzene rings is 2. The van der Waals surface area contributed by atoms with Crippen LogP contribution < -0.4 is 20.3 Å². The van der Waals surface area contributed by atoms with Gasteiger partial charge in [0.25, 0.3) is 11.8 Å². The van der Waals surface area contributed by atoms with Gasteiger partial charge in [-0.25, -0.2) is 0 Å². The molecule has 0 atom stereocenters. The maximum absolute atomic E-state index is 12.2. The number of carbonyl (C=O) groups excluding carboxylic acids is 2. The Kier molecular flexibility index (Phi) is 9.67. The summed E-state index contributed by atoms with van der Waals surface area (Å²) < 4.78 is 12.2. The first-order valence-corrected chi connectivity index (χ1v) is 10.9. The lowest BCUT2D eigenvalue weighted by Crippen LogP contribution is -2.43. The van der Waals surface area contributed by atoms with E-state index in [1.807, 2.05) is 26.0 Å². The van der Waals surface area contributed by atoms with E-state index in [1.165, 1.54) is 12.8 Å². The maximum atomic E-state index is 12.2.